The molecule has 0 rings (SSSR count). The molecular weight excluding hydrogens is 186 g/mol. The topological polar surface area (TPSA) is 29.1 Å². The second-order valence-corrected chi connectivity index (χ2v) is 6.48. The van der Waals surface area contributed by atoms with Crippen LogP contribution >= 0.6 is 0 Å². The minimum Gasteiger partial charge on any atom is -0.316 e. The van der Waals surface area contributed by atoms with Gasteiger partial charge in [-0.05, 0) is 18.4 Å². The van der Waals surface area contributed by atoms with Crippen molar-refractivity contribution in [3.8, 4) is 0 Å². The summed E-state index contributed by atoms with van der Waals surface area (Å²) < 4.78 is 0. The maximum absolute atomic E-state index is 11.6. The molecule has 90 valence electrons. The van der Waals surface area contributed by atoms with Gasteiger partial charge in [0.05, 0.1) is 0 Å². The number of Topliss-reactive ketones (excluding diaryl/α,β-unsaturated/α-hetero) is 1. The van der Waals surface area contributed by atoms with E-state index in [2.05, 4.69) is 26.1 Å². The van der Waals surface area contributed by atoms with E-state index in [0.717, 1.165) is 19.5 Å². The molecule has 0 saturated heterocycles. The Bertz CT molecular complexity index is 196. The third kappa shape index (κ3) is 8.61. The standard InChI is InChI=1S/C13H27NO/c1-12(2,3)8-10-14-9-7-11(15)13(4,5)6/h14H,7-10H2,1-6H3. The van der Waals surface area contributed by atoms with Crippen LogP contribution in [0.25, 0.3) is 0 Å². The van der Waals surface area contributed by atoms with Gasteiger partial charge in [-0.25, -0.2) is 0 Å². The zero-order chi connectivity index (χ0) is 12.1. The van der Waals surface area contributed by atoms with Gasteiger partial charge in [0.15, 0.2) is 0 Å². The Balaban J connectivity index is 3.53. The quantitative estimate of drug-likeness (QED) is 0.711. The van der Waals surface area contributed by atoms with Gasteiger partial charge in [-0.1, -0.05) is 41.5 Å². The van der Waals surface area contributed by atoms with Crippen molar-refractivity contribution in [1.82, 2.24) is 5.32 Å². The first kappa shape index (κ1) is 14.6. The summed E-state index contributed by atoms with van der Waals surface area (Å²) in [5, 5.41) is 3.32. The average molecular weight is 213 g/mol. The fraction of sp³-hybridized carbons (Fsp3) is 0.923. The molecule has 0 aliphatic heterocycles. The molecule has 0 heterocycles. The number of hydrogen-bond donors (Lipinski definition) is 1. The molecule has 2 nitrogen and oxygen atoms in total. The molecule has 0 amide bonds. The number of ketones is 1. The summed E-state index contributed by atoms with van der Waals surface area (Å²) >= 11 is 0. The zero-order valence-electron chi connectivity index (χ0n) is 11.2. The first-order valence-corrected chi connectivity index (χ1v) is 5.87. The number of carbonyl (C=O) groups excluding carboxylic acids is 1. The highest BCUT2D eigenvalue weighted by molar-refractivity contribution is 5.83. The lowest BCUT2D eigenvalue weighted by Gasteiger charge is -2.19. The molecule has 0 aromatic heterocycles. The Hall–Kier alpha value is -0.370. The van der Waals surface area contributed by atoms with Crippen molar-refractivity contribution in [2.24, 2.45) is 10.8 Å². The van der Waals surface area contributed by atoms with Gasteiger partial charge in [0, 0.05) is 18.4 Å². The largest absolute Gasteiger partial charge is 0.316 e. The molecule has 0 spiro atoms. The minimum atomic E-state index is -0.189. The van der Waals surface area contributed by atoms with E-state index in [1.54, 1.807) is 0 Å². The Morgan fingerprint density at radius 3 is 1.93 bits per heavy atom. The van der Waals surface area contributed by atoms with Crippen LogP contribution in [-0.4, -0.2) is 18.9 Å². The van der Waals surface area contributed by atoms with Crippen LogP contribution in [0.15, 0.2) is 0 Å². The van der Waals surface area contributed by atoms with Crippen LogP contribution in [0.4, 0.5) is 0 Å². The van der Waals surface area contributed by atoms with E-state index >= 15 is 0 Å². The minimum absolute atomic E-state index is 0.189. The second-order valence-electron chi connectivity index (χ2n) is 6.48. The Labute approximate surface area is 94.8 Å². The monoisotopic (exact) mass is 213 g/mol. The van der Waals surface area contributed by atoms with Crippen molar-refractivity contribution in [2.75, 3.05) is 13.1 Å². The van der Waals surface area contributed by atoms with Crippen molar-refractivity contribution in [2.45, 2.75) is 54.4 Å². The highest BCUT2D eigenvalue weighted by atomic mass is 16.1. The van der Waals surface area contributed by atoms with E-state index < -0.39 is 0 Å². The lowest BCUT2D eigenvalue weighted by molar-refractivity contribution is -0.126. The third-order valence-corrected chi connectivity index (χ3v) is 2.42. The van der Waals surface area contributed by atoms with Crippen LogP contribution < -0.4 is 5.32 Å². The van der Waals surface area contributed by atoms with Gasteiger partial charge < -0.3 is 5.32 Å². The summed E-state index contributed by atoms with van der Waals surface area (Å²) in [5.74, 6) is 0.339. The van der Waals surface area contributed by atoms with Crippen LogP contribution in [0.2, 0.25) is 0 Å². The second kappa shape index (κ2) is 5.64. The first-order chi connectivity index (χ1) is 6.63. The number of rotatable bonds is 5. The van der Waals surface area contributed by atoms with Crippen molar-refractivity contribution < 1.29 is 4.79 Å². The van der Waals surface area contributed by atoms with Gasteiger partial charge in [-0.15, -0.1) is 0 Å². The molecule has 0 radical (unpaired) electrons. The first-order valence-electron chi connectivity index (χ1n) is 5.87. The van der Waals surface area contributed by atoms with Crippen LogP contribution in [0.1, 0.15) is 54.4 Å². The molecule has 0 atom stereocenters. The smallest absolute Gasteiger partial charge is 0.139 e. The average Bonchev–Trinajstić information content (AvgIpc) is 1.99. The van der Waals surface area contributed by atoms with Crippen molar-refractivity contribution in [3.63, 3.8) is 0 Å². The summed E-state index contributed by atoms with van der Waals surface area (Å²) in [6.07, 6.45) is 1.80. The lowest BCUT2D eigenvalue weighted by atomic mass is 9.89. The van der Waals surface area contributed by atoms with Crippen molar-refractivity contribution in [1.29, 1.82) is 0 Å². The molecule has 15 heavy (non-hydrogen) atoms. The van der Waals surface area contributed by atoms with Crippen LogP contribution in [0, 0.1) is 10.8 Å². The Morgan fingerprint density at radius 2 is 1.53 bits per heavy atom. The molecule has 1 N–H and O–H groups in total. The fourth-order valence-electron chi connectivity index (χ4n) is 1.17. The summed E-state index contributed by atoms with van der Waals surface area (Å²) in [5.41, 5.74) is 0.187. The molecule has 0 saturated carbocycles. The third-order valence-electron chi connectivity index (χ3n) is 2.42. The van der Waals surface area contributed by atoms with Crippen LogP contribution in [-0.2, 0) is 4.79 Å². The molecule has 0 fully saturated rings. The van der Waals surface area contributed by atoms with E-state index in [1.807, 2.05) is 20.8 Å². The SMILES string of the molecule is CC(C)(C)CCNCCC(=O)C(C)(C)C. The van der Waals surface area contributed by atoms with Crippen LogP contribution in [0.3, 0.4) is 0 Å². The predicted molar refractivity (Wildman–Crippen MR) is 66.0 cm³/mol. The van der Waals surface area contributed by atoms with Gasteiger partial charge in [-0.2, -0.15) is 0 Å². The van der Waals surface area contributed by atoms with E-state index in [-0.39, 0.29) is 5.41 Å². The maximum atomic E-state index is 11.6. The summed E-state index contributed by atoms with van der Waals surface area (Å²) in [4.78, 5) is 11.6. The molecule has 0 unspecified atom stereocenters. The highest BCUT2D eigenvalue weighted by Gasteiger charge is 2.20. The molecule has 0 aliphatic carbocycles. The zero-order valence-corrected chi connectivity index (χ0v) is 11.2. The highest BCUT2D eigenvalue weighted by Crippen LogP contribution is 2.17. The number of carbonyl (C=O) groups is 1. The number of nitrogens with one attached hydrogen (secondary N) is 1. The van der Waals surface area contributed by atoms with E-state index in [9.17, 15) is 4.79 Å². The summed E-state index contributed by atoms with van der Waals surface area (Å²) in [7, 11) is 0. The van der Waals surface area contributed by atoms with Gasteiger partial charge >= 0.3 is 0 Å². The van der Waals surface area contributed by atoms with Crippen molar-refractivity contribution >= 4 is 5.78 Å². The normalized spacial score (nSPS) is 12.9. The molecular formula is C13H27NO. The van der Waals surface area contributed by atoms with E-state index in [1.165, 1.54) is 0 Å². The van der Waals surface area contributed by atoms with Crippen molar-refractivity contribution in [3.05, 3.63) is 0 Å². The van der Waals surface area contributed by atoms with Gasteiger partial charge in [0.1, 0.15) is 5.78 Å². The molecule has 0 bridgehead atoms. The molecule has 0 aromatic rings. The predicted octanol–water partition coefficient (Wildman–Crippen LogP) is 3.02. The molecule has 2 heteroatoms. The van der Waals surface area contributed by atoms with Gasteiger partial charge in [-0.3, -0.25) is 4.79 Å². The van der Waals surface area contributed by atoms with Crippen LogP contribution in [0.5, 0.6) is 0 Å². The Kier molecular flexibility index (Phi) is 5.50. The lowest BCUT2D eigenvalue weighted by Crippen LogP contribution is -2.27. The molecule has 0 aliphatic rings. The summed E-state index contributed by atoms with van der Waals surface area (Å²) in [6, 6.07) is 0. The van der Waals surface area contributed by atoms with Gasteiger partial charge in [0.25, 0.3) is 0 Å². The number of hydrogen-bond acceptors (Lipinski definition) is 2. The molecule has 0 aromatic carbocycles. The van der Waals surface area contributed by atoms with E-state index in [4.69, 9.17) is 0 Å². The maximum Gasteiger partial charge on any atom is 0.139 e. The summed E-state index contributed by atoms with van der Waals surface area (Å²) in [6.45, 7) is 14.4. The van der Waals surface area contributed by atoms with E-state index in [0.29, 0.717) is 17.6 Å². The fourth-order valence-corrected chi connectivity index (χ4v) is 1.17. The Morgan fingerprint density at radius 1 is 1.00 bits per heavy atom. The van der Waals surface area contributed by atoms with Gasteiger partial charge in [0.2, 0.25) is 0 Å².